The number of nitrogens with two attached hydrogens (primary N) is 1. The van der Waals surface area contributed by atoms with Crippen molar-refractivity contribution < 1.29 is 18.3 Å². The summed E-state index contributed by atoms with van der Waals surface area (Å²) in [5, 5.41) is 0. The van der Waals surface area contributed by atoms with Gasteiger partial charge in [-0.05, 0) is 12.2 Å². The summed E-state index contributed by atoms with van der Waals surface area (Å²) in [5.74, 6) is 0.299. The van der Waals surface area contributed by atoms with Crippen LogP contribution in [0.25, 0.3) is 11.2 Å². The predicted octanol–water partition coefficient (Wildman–Crippen LogP) is 0.872. The molecule has 0 bridgehead atoms. The number of hydrogen-bond donors (Lipinski definition) is 1. The smallest absolute Gasteiger partial charge is 0.321 e. The highest BCUT2D eigenvalue weighted by molar-refractivity contribution is 7.33. The highest BCUT2D eigenvalue weighted by atomic mass is 31.1. The van der Waals surface area contributed by atoms with Crippen molar-refractivity contribution in [3.63, 3.8) is 0 Å². The van der Waals surface area contributed by atoms with Crippen molar-refractivity contribution in [2.24, 2.45) is 0 Å². The summed E-state index contributed by atoms with van der Waals surface area (Å²) in [6.45, 7) is 0. The molecule has 0 spiro atoms. The maximum Gasteiger partial charge on any atom is 0.321 e. The molecular formula is C10H12N5O4P. The van der Waals surface area contributed by atoms with Gasteiger partial charge in [-0.15, -0.1) is 0 Å². The molecule has 106 valence electrons. The lowest BCUT2D eigenvalue weighted by Crippen LogP contribution is -2.13. The standard InChI is InChI=1S/C10H12N5O4P/c1-17-20(16)19-7-3-2-6(18-7)15-5-14-8-9(11)12-4-13-10(8)15/h2-7,20H,1H3,(H2,11,12,13). The molecule has 2 N–H and O–H groups in total. The van der Waals surface area contributed by atoms with Gasteiger partial charge in [0.15, 0.2) is 24.0 Å². The van der Waals surface area contributed by atoms with Gasteiger partial charge in [0.1, 0.15) is 11.8 Å². The van der Waals surface area contributed by atoms with Crippen molar-refractivity contribution in [1.82, 2.24) is 19.5 Å². The van der Waals surface area contributed by atoms with E-state index in [0.717, 1.165) is 0 Å². The molecule has 0 radical (unpaired) electrons. The Morgan fingerprint density at radius 3 is 3.05 bits per heavy atom. The predicted molar refractivity (Wildman–Crippen MR) is 69.9 cm³/mol. The topological polar surface area (TPSA) is 114 Å². The van der Waals surface area contributed by atoms with Crippen molar-refractivity contribution in [2.45, 2.75) is 12.5 Å². The third-order valence-electron chi connectivity index (χ3n) is 2.75. The van der Waals surface area contributed by atoms with E-state index in [0.29, 0.717) is 17.0 Å². The fourth-order valence-corrected chi connectivity index (χ4v) is 2.26. The van der Waals surface area contributed by atoms with Gasteiger partial charge in [-0.1, -0.05) is 0 Å². The van der Waals surface area contributed by atoms with Crippen LogP contribution in [-0.4, -0.2) is 32.9 Å². The van der Waals surface area contributed by atoms with Gasteiger partial charge < -0.3 is 15.0 Å². The number of hydrogen-bond acceptors (Lipinski definition) is 8. The third-order valence-corrected chi connectivity index (χ3v) is 3.50. The molecule has 0 aromatic carbocycles. The Morgan fingerprint density at radius 1 is 1.40 bits per heavy atom. The Bertz CT molecular complexity index is 687. The normalized spacial score (nSPS) is 23.4. The van der Waals surface area contributed by atoms with E-state index >= 15 is 0 Å². The fraction of sp³-hybridized carbons (Fsp3) is 0.300. The Morgan fingerprint density at radius 2 is 2.25 bits per heavy atom. The molecule has 0 saturated carbocycles. The number of imidazole rings is 1. The summed E-state index contributed by atoms with van der Waals surface area (Å²) >= 11 is 0. The Kier molecular flexibility index (Phi) is 3.49. The summed E-state index contributed by atoms with van der Waals surface area (Å²) in [6.07, 6.45) is 5.09. The molecule has 0 aliphatic carbocycles. The lowest BCUT2D eigenvalue weighted by molar-refractivity contribution is -0.0819. The van der Waals surface area contributed by atoms with Crippen molar-refractivity contribution in [3.8, 4) is 0 Å². The van der Waals surface area contributed by atoms with Gasteiger partial charge in [0.25, 0.3) is 0 Å². The van der Waals surface area contributed by atoms with Crippen molar-refractivity contribution in [1.29, 1.82) is 0 Å². The zero-order valence-corrected chi connectivity index (χ0v) is 11.5. The maximum absolute atomic E-state index is 11.2. The Balaban J connectivity index is 1.82. The van der Waals surface area contributed by atoms with Crippen LogP contribution in [0.15, 0.2) is 24.8 Å². The van der Waals surface area contributed by atoms with Gasteiger partial charge in [-0.25, -0.2) is 15.0 Å². The molecular weight excluding hydrogens is 285 g/mol. The average molecular weight is 297 g/mol. The molecule has 2 aromatic rings. The Hall–Kier alpha value is -1.80. The molecule has 0 saturated heterocycles. The van der Waals surface area contributed by atoms with E-state index in [4.69, 9.17) is 15.0 Å². The molecule has 9 nitrogen and oxygen atoms in total. The van der Waals surface area contributed by atoms with Crippen LogP contribution in [0.5, 0.6) is 0 Å². The minimum absolute atomic E-state index is 0.299. The molecule has 3 atom stereocenters. The first kappa shape index (κ1) is 13.2. The van der Waals surface area contributed by atoms with Crippen LogP contribution in [-0.2, 0) is 18.3 Å². The second-order valence-corrected chi connectivity index (χ2v) is 5.08. The van der Waals surface area contributed by atoms with Crippen LogP contribution in [0, 0.1) is 0 Å². The third kappa shape index (κ3) is 2.32. The monoisotopic (exact) mass is 297 g/mol. The number of aromatic nitrogens is 4. The first-order valence-corrected chi connectivity index (χ1v) is 6.93. The van der Waals surface area contributed by atoms with E-state index < -0.39 is 20.8 Å². The first-order valence-electron chi connectivity index (χ1n) is 5.70. The van der Waals surface area contributed by atoms with E-state index in [1.165, 1.54) is 13.4 Å². The SMILES string of the molecule is CO[PH](=O)OC1C=CC(n2cnc3c(N)ncnc32)O1. The largest absolute Gasteiger partial charge is 0.382 e. The number of rotatable bonds is 4. The molecule has 10 heteroatoms. The maximum atomic E-state index is 11.2. The summed E-state index contributed by atoms with van der Waals surface area (Å²) in [6, 6.07) is 0. The quantitative estimate of drug-likeness (QED) is 0.653. The van der Waals surface area contributed by atoms with Crippen molar-refractivity contribution >= 4 is 25.2 Å². The average Bonchev–Trinajstić information content (AvgIpc) is 3.05. The highest BCUT2D eigenvalue weighted by Crippen LogP contribution is 2.32. The minimum Gasteiger partial charge on any atom is -0.382 e. The van der Waals surface area contributed by atoms with E-state index in [1.807, 2.05) is 0 Å². The first-order chi connectivity index (χ1) is 9.69. The summed E-state index contributed by atoms with van der Waals surface area (Å²) < 4.78 is 28.1. The number of nitrogens with zero attached hydrogens (tertiary/aromatic N) is 4. The second-order valence-electron chi connectivity index (χ2n) is 3.93. The number of fused-ring (bicyclic) bond motifs is 1. The number of ether oxygens (including phenoxy) is 1. The van der Waals surface area contributed by atoms with Crippen LogP contribution >= 0.6 is 8.25 Å². The molecule has 2 aromatic heterocycles. The van der Waals surface area contributed by atoms with Gasteiger partial charge >= 0.3 is 8.25 Å². The number of nitrogen functional groups attached to an aromatic ring is 1. The molecule has 3 unspecified atom stereocenters. The summed E-state index contributed by atoms with van der Waals surface area (Å²) in [7, 11) is -1.24. The second kappa shape index (κ2) is 5.29. The molecule has 1 aliphatic heterocycles. The Labute approximate surface area is 114 Å². The van der Waals surface area contributed by atoms with Crippen LogP contribution in [0.3, 0.4) is 0 Å². The zero-order chi connectivity index (χ0) is 14.1. The van der Waals surface area contributed by atoms with E-state index in [-0.39, 0.29) is 0 Å². The van der Waals surface area contributed by atoms with Crippen molar-refractivity contribution in [3.05, 3.63) is 24.8 Å². The van der Waals surface area contributed by atoms with Gasteiger partial charge in [0, 0.05) is 7.11 Å². The molecule has 0 amide bonds. The van der Waals surface area contributed by atoms with Gasteiger partial charge in [0.05, 0.1) is 6.33 Å². The summed E-state index contributed by atoms with van der Waals surface area (Å²) in [5.41, 5.74) is 6.76. The summed E-state index contributed by atoms with van der Waals surface area (Å²) in [4.78, 5) is 12.1. The molecule has 20 heavy (non-hydrogen) atoms. The molecule has 1 aliphatic rings. The lowest BCUT2D eigenvalue weighted by atomic mass is 10.4. The van der Waals surface area contributed by atoms with Crippen LogP contribution < -0.4 is 5.73 Å². The van der Waals surface area contributed by atoms with E-state index in [9.17, 15) is 4.57 Å². The van der Waals surface area contributed by atoms with Crippen LogP contribution in [0.2, 0.25) is 0 Å². The zero-order valence-electron chi connectivity index (χ0n) is 10.5. The molecule has 3 heterocycles. The molecule has 0 fully saturated rings. The van der Waals surface area contributed by atoms with E-state index in [2.05, 4.69) is 19.5 Å². The lowest BCUT2D eigenvalue weighted by Gasteiger charge is -2.15. The number of anilines is 1. The van der Waals surface area contributed by atoms with Crippen LogP contribution in [0.1, 0.15) is 6.23 Å². The van der Waals surface area contributed by atoms with Gasteiger partial charge in [0.2, 0.25) is 0 Å². The van der Waals surface area contributed by atoms with Crippen LogP contribution in [0.4, 0.5) is 5.82 Å². The highest BCUT2D eigenvalue weighted by Gasteiger charge is 2.24. The van der Waals surface area contributed by atoms with E-state index in [1.54, 1.807) is 23.0 Å². The van der Waals surface area contributed by atoms with Crippen molar-refractivity contribution in [2.75, 3.05) is 12.8 Å². The van der Waals surface area contributed by atoms with Gasteiger partial charge in [-0.3, -0.25) is 13.7 Å². The van der Waals surface area contributed by atoms with Gasteiger partial charge in [-0.2, -0.15) is 0 Å². The minimum atomic E-state index is -2.55. The molecule has 3 rings (SSSR count). The fourth-order valence-electron chi connectivity index (χ4n) is 1.84.